The molecule has 1 aromatic heterocycles. The molecule has 1 atom stereocenters. The zero-order valence-corrected chi connectivity index (χ0v) is 10.9. The molecular weight excluding hydrogens is 256 g/mol. The Balaban J connectivity index is 2.24. The number of nitrogens with zero attached hydrogens (tertiary/aromatic N) is 2. The maximum Gasteiger partial charge on any atom is 0.311 e. The molecule has 1 aliphatic heterocycles. The Hall–Kier alpha value is -1.62. The van der Waals surface area contributed by atoms with E-state index in [1.54, 1.807) is 12.1 Å². The van der Waals surface area contributed by atoms with Crippen LogP contribution in [0.2, 0.25) is 5.15 Å². The molecule has 1 unspecified atom stereocenters. The molecule has 2 rings (SSSR count). The van der Waals surface area contributed by atoms with Crippen LogP contribution in [0.4, 0.5) is 5.69 Å². The van der Waals surface area contributed by atoms with Gasteiger partial charge in [-0.25, -0.2) is 4.98 Å². The first-order valence-corrected chi connectivity index (χ1v) is 5.92. The van der Waals surface area contributed by atoms with Gasteiger partial charge in [-0.1, -0.05) is 11.6 Å². The summed E-state index contributed by atoms with van der Waals surface area (Å²) in [5.41, 5.74) is 1.32. The second-order valence-electron chi connectivity index (χ2n) is 4.19. The highest BCUT2D eigenvalue weighted by molar-refractivity contribution is 6.32. The molecule has 0 aliphatic carbocycles. The average Bonchev–Trinajstić information content (AvgIpc) is 2.70. The molecule has 2 heterocycles. The van der Waals surface area contributed by atoms with Crippen molar-refractivity contribution < 1.29 is 14.3 Å². The fraction of sp³-hybridized carbons (Fsp3) is 0.417. The minimum atomic E-state index is -0.431. The number of halogens is 1. The molecule has 1 amide bonds. The van der Waals surface area contributed by atoms with Crippen molar-refractivity contribution in [2.24, 2.45) is 5.92 Å². The largest absolute Gasteiger partial charge is 0.469 e. The number of hydrogen-bond acceptors (Lipinski definition) is 4. The zero-order valence-electron chi connectivity index (χ0n) is 10.1. The van der Waals surface area contributed by atoms with E-state index in [2.05, 4.69) is 9.72 Å². The number of methoxy groups -OCH3 is 1. The van der Waals surface area contributed by atoms with Crippen LogP contribution in [-0.4, -0.2) is 30.5 Å². The molecule has 1 aromatic rings. The Morgan fingerprint density at radius 3 is 2.89 bits per heavy atom. The molecule has 1 fully saturated rings. The molecule has 0 radical (unpaired) electrons. The fourth-order valence-electron chi connectivity index (χ4n) is 1.98. The number of aromatic nitrogens is 1. The van der Waals surface area contributed by atoms with Gasteiger partial charge in [0.05, 0.1) is 18.7 Å². The van der Waals surface area contributed by atoms with Crippen LogP contribution in [0.1, 0.15) is 12.1 Å². The standard InChI is InChI=1S/C12H13ClN2O3/c1-7-3-4-9(11(13)14-7)15-6-8(5-10(15)16)12(17)18-2/h3-4,8H,5-6H2,1-2H3. The second-order valence-corrected chi connectivity index (χ2v) is 4.55. The van der Waals surface area contributed by atoms with Crippen molar-refractivity contribution in [1.29, 1.82) is 0 Å². The maximum absolute atomic E-state index is 11.9. The predicted molar refractivity (Wildman–Crippen MR) is 66.5 cm³/mol. The van der Waals surface area contributed by atoms with Crippen molar-refractivity contribution >= 4 is 29.2 Å². The first-order chi connectivity index (χ1) is 8.52. The van der Waals surface area contributed by atoms with Gasteiger partial charge in [-0.05, 0) is 19.1 Å². The molecule has 1 aliphatic rings. The van der Waals surface area contributed by atoms with E-state index in [-0.39, 0.29) is 30.0 Å². The van der Waals surface area contributed by atoms with Gasteiger partial charge < -0.3 is 9.64 Å². The summed E-state index contributed by atoms with van der Waals surface area (Å²) in [6, 6.07) is 3.52. The quantitative estimate of drug-likeness (QED) is 0.603. The minimum absolute atomic E-state index is 0.141. The average molecular weight is 269 g/mol. The number of carbonyl (C=O) groups excluding carboxylic acids is 2. The SMILES string of the molecule is COC(=O)C1CC(=O)N(c2ccc(C)nc2Cl)C1. The van der Waals surface area contributed by atoms with Crippen LogP contribution in [-0.2, 0) is 14.3 Å². The summed E-state index contributed by atoms with van der Waals surface area (Å²) >= 11 is 6.01. The number of ether oxygens (including phenoxy) is 1. The third kappa shape index (κ3) is 2.31. The summed E-state index contributed by atoms with van der Waals surface area (Å²) in [5.74, 6) is -0.945. The minimum Gasteiger partial charge on any atom is -0.469 e. The summed E-state index contributed by atoms with van der Waals surface area (Å²) in [4.78, 5) is 28.9. The Labute approximate surface area is 110 Å². The molecule has 1 saturated heterocycles. The molecule has 0 spiro atoms. The summed E-state index contributed by atoms with van der Waals surface area (Å²) in [6.07, 6.45) is 0.150. The van der Waals surface area contributed by atoms with Gasteiger partial charge in [-0.15, -0.1) is 0 Å². The van der Waals surface area contributed by atoms with E-state index in [9.17, 15) is 9.59 Å². The molecule has 96 valence electrons. The van der Waals surface area contributed by atoms with E-state index >= 15 is 0 Å². The number of anilines is 1. The molecular formula is C12H13ClN2O3. The van der Waals surface area contributed by atoms with Crippen molar-refractivity contribution in [3.63, 3.8) is 0 Å². The Morgan fingerprint density at radius 2 is 2.28 bits per heavy atom. The maximum atomic E-state index is 11.9. The van der Waals surface area contributed by atoms with Crippen LogP contribution >= 0.6 is 11.6 Å². The van der Waals surface area contributed by atoms with E-state index in [1.807, 2.05) is 6.92 Å². The molecule has 0 N–H and O–H groups in total. The lowest BCUT2D eigenvalue weighted by Gasteiger charge is -2.17. The highest BCUT2D eigenvalue weighted by atomic mass is 35.5. The predicted octanol–water partition coefficient (Wildman–Crippen LogP) is 1.57. The molecule has 0 bridgehead atoms. The van der Waals surface area contributed by atoms with E-state index in [4.69, 9.17) is 11.6 Å². The van der Waals surface area contributed by atoms with Gasteiger partial charge in [0, 0.05) is 18.7 Å². The number of esters is 1. The molecule has 0 aromatic carbocycles. The lowest BCUT2D eigenvalue weighted by atomic mass is 10.1. The Kier molecular flexibility index (Phi) is 3.52. The number of pyridine rings is 1. The number of rotatable bonds is 2. The highest BCUT2D eigenvalue weighted by Gasteiger charge is 2.36. The monoisotopic (exact) mass is 268 g/mol. The number of amides is 1. The lowest BCUT2D eigenvalue weighted by molar-refractivity contribution is -0.145. The molecule has 0 saturated carbocycles. The Bertz CT molecular complexity index is 504. The van der Waals surface area contributed by atoms with Crippen molar-refractivity contribution in [2.45, 2.75) is 13.3 Å². The smallest absolute Gasteiger partial charge is 0.311 e. The van der Waals surface area contributed by atoms with Crippen LogP contribution in [0.25, 0.3) is 0 Å². The van der Waals surface area contributed by atoms with Gasteiger partial charge >= 0.3 is 5.97 Å². The highest BCUT2D eigenvalue weighted by Crippen LogP contribution is 2.30. The van der Waals surface area contributed by atoms with Gasteiger partial charge in [0.25, 0.3) is 0 Å². The van der Waals surface area contributed by atoms with Gasteiger partial charge in [0.1, 0.15) is 0 Å². The van der Waals surface area contributed by atoms with Gasteiger partial charge in [0.15, 0.2) is 5.15 Å². The summed E-state index contributed by atoms with van der Waals surface area (Å²) in [6.45, 7) is 2.11. The molecule has 5 nitrogen and oxygen atoms in total. The number of carbonyl (C=O) groups is 2. The van der Waals surface area contributed by atoms with Crippen molar-refractivity contribution in [3.8, 4) is 0 Å². The lowest BCUT2D eigenvalue weighted by Crippen LogP contribution is -2.26. The van der Waals surface area contributed by atoms with E-state index < -0.39 is 5.92 Å². The first-order valence-electron chi connectivity index (χ1n) is 5.54. The van der Waals surface area contributed by atoms with Crippen molar-refractivity contribution in [3.05, 3.63) is 23.0 Å². The van der Waals surface area contributed by atoms with E-state index in [0.29, 0.717) is 5.69 Å². The summed E-state index contributed by atoms with van der Waals surface area (Å²) in [5, 5.41) is 0.272. The van der Waals surface area contributed by atoms with Crippen LogP contribution in [0.15, 0.2) is 12.1 Å². The third-order valence-corrected chi connectivity index (χ3v) is 3.20. The van der Waals surface area contributed by atoms with E-state index in [0.717, 1.165) is 5.69 Å². The molecule has 6 heteroatoms. The third-order valence-electron chi connectivity index (χ3n) is 2.92. The van der Waals surface area contributed by atoms with Crippen LogP contribution < -0.4 is 4.90 Å². The topological polar surface area (TPSA) is 59.5 Å². The second kappa shape index (κ2) is 4.94. The van der Waals surface area contributed by atoms with E-state index in [1.165, 1.54) is 12.0 Å². The zero-order chi connectivity index (χ0) is 13.3. The van der Waals surface area contributed by atoms with Crippen LogP contribution in [0, 0.1) is 12.8 Å². The van der Waals surface area contributed by atoms with Crippen molar-refractivity contribution in [2.75, 3.05) is 18.6 Å². The number of aryl methyl sites for hydroxylation is 1. The molecule has 18 heavy (non-hydrogen) atoms. The Morgan fingerprint density at radius 1 is 1.56 bits per heavy atom. The number of hydrogen-bond donors (Lipinski definition) is 0. The fourth-order valence-corrected chi connectivity index (χ4v) is 2.28. The van der Waals surface area contributed by atoms with Crippen LogP contribution in [0.5, 0.6) is 0 Å². The summed E-state index contributed by atoms with van der Waals surface area (Å²) < 4.78 is 4.65. The van der Waals surface area contributed by atoms with Gasteiger partial charge in [0.2, 0.25) is 5.91 Å². The van der Waals surface area contributed by atoms with Gasteiger partial charge in [-0.2, -0.15) is 0 Å². The van der Waals surface area contributed by atoms with Crippen molar-refractivity contribution in [1.82, 2.24) is 4.98 Å². The summed E-state index contributed by atoms with van der Waals surface area (Å²) in [7, 11) is 1.32. The first kappa shape index (κ1) is 12.8. The van der Waals surface area contributed by atoms with Crippen LogP contribution in [0.3, 0.4) is 0 Å². The van der Waals surface area contributed by atoms with Gasteiger partial charge in [-0.3, -0.25) is 9.59 Å². The normalized spacial score (nSPS) is 19.2.